The minimum atomic E-state index is -0.349. The maximum absolute atomic E-state index is 11.5. The molecule has 0 radical (unpaired) electrons. The summed E-state index contributed by atoms with van der Waals surface area (Å²) in [6.45, 7) is 0.460. The Morgan fingerprint density at radius 3 is 2.81 bits per heavy atom. The Labute approximate surface area is 123 Å². The minimum absolute atomic E-state index is 0.178. The molecule has 0 aliphatic carbocycles. The molecule has 0 bridgehead atoms. The lowest BCUT2D eigenvalue weighted by molar-refractivity contribution is -0.115. The van der Waals surface area contributed by atoms with E-state index in [-0.39, 0.29) is 12.3 Å². The molecule has 5 heteroatoms. The molecular formula is C16H15N3O2. The van der Waals surface area contributed by atoms with E-state index in [9.17, 15) is 4.79 Å². The fourth-order valence-electron chi connectivity index (χ4n) is 1.77. The van der Waals surface area contributed by atoms with E-state index < -0.39 is 0 Å². The van der Waals surface area contributed by atoms with Crippen LogP contribution in [0.3, 0.4) is 0 Å². The highest BCUT2D eigenvalue weighted by molar-refractivity contribution is 5.93. The molecule has 106 valence electrons. The number of pyridine rings is 1. The number of carbonyl (C=O) groups excluding carboxylic acids is 1. The van der Waals surface area contributed by atoms with Crippen LogP contribution in [0.1, 0.15) is 12.1 Å². The van der Waals surface area contributed by atoms with Gasteiger partial charge in [-0.25, -0.2) is 0 Å². The summed E-state index contributed by atoms with van der Waals surface area (Å²) in [7, 11) is 0. The number of nitriles is 1. The number of anilines is 1. The van der Waals surface area contributed by atoms with Gasteiger partial charge in [0.15, 0.2) is 0 Å². The van der Waals surface area contributed by atoms with E-state index in [1.165, 1.54) is 0 Å². The van der Waals surface area contributed by atoms with Crippen LogP contribution in [0.15, 0.2) is 48.7 Å². The molecule has 0 aliphatic rings. The number of hydrogen-bond donors (Lipinski definition) is 1. The van der Waals surface area contributed by atoms with Gasteiger partial charge >= 0.3 is 0 Å². The third kappa shape index (κ3) is 4.62. The summed E-state index contributed by atoms with van der Waals surface area (Å²) in [4.78, 5) is 15.7. The molecule has 1 amide bonds. The summed E-state index contributed by atoms with van der Waals surface area (Å²) < 4.78 is 5.68. The Morgan fingerprint density at radius 1 is 1.24 bits per heavy atom. The molecule has 0 atom stereocenters. The summed E-state index contributed by atoms with van der Waals surface area (Å²) in [6, 6.07) is 14.7. The first-order valence-electron chi connectivity index (χ1n) is 6.58. The van der Waals surface area contributed by atoms with Crippen LogP contribution in [0.4, 0.5) is 5.69 Å². The van der Waals surface area contributed by atoms with Crippen LogP contribution >= 0.6 is 0 Å². The molecule has 1 heterocycles. The molecule has 2 rings (SSSR count). The van der Waals surface area contributed by atoms with E-state index in [4.69, 9.17) is 10.00 Å². The van der Waals surface area contributed by atoms with Crippen LogP contribution in [-0.4, -0.2) is 17.5 Å². The number of nitrogens with zero attached hydrogens (tertiary/aromatic N) is 2. The Kier molecular flexibility index (Phi) is 5.30. The first kappa shape index (κ1) is 14.5. The lowest BCUT2D eigenvalue weighted by atomic mass is 10.2. The monoisotopic (exact) mass is 281 g/mol. The molecule has 0 aliphatic heterocycles. The van der Waals surface area contributed by atoms with Crippen LogP contribution < -0.4 is 10.1 Å². The van der Waals surface area contributed by atoms with Crippen LogP contribution in [0.5, 0.6) is 5.75 Å². The van der Waals surface area contributed by atoms with Gasteiger partial charge in [0.2, 0.25) is 5.91 Å². The second-order valence-corrected chi connectivity index (χ2v) is 4.30. The van der Waals surface area contributed by atoms with Crippen molar-refractivity contribution in [2.24, 2.45) is 0 Å². The number of ether oxygens (including phenoxy) is 1. The largest absolute Gasteiger partial charge is 0.491 e. The van der Waals surface area contributed by atoms with Gasteiger partial charge in [-0.2, -0.15) is 5.26 Å². The lowest BCUT2D eigenvalue weighted by Crippen LogP contribution is -2.12. The fraction of sp³-hybridized carbons (Fsp3) is 0.188. The van der Waals surface area contributed by atoms with E-state index in [0.717, 1.165) is 5.69 Å². The van der Waals surface area contributed by atoms with Crippen LogP contribution in [-0.2, 0) is 11.2 Å². The zero-order valence-electron chi connectivity index (χ0n) is 11.5. The molecule has 0 fully saturated rings. The number of para-hydroxylation sites is 2. The van der Waals surface area contributed by atoms with Crippen LogP contribution in [0, 0.1) is 11.3 Å². The number of aromatic nitrogens is 1. The standard InChI is InChI=1S/C16H15N3O2/c17-10-8-16(20)19-14-6-1-2-7-15(14)21-12-9-13-5-3-4-11-18-13/h1-7,11H,8-9,12H2,(H,19,20). The molecule has 21 heavy (non-hydrogen) atoms. The smallest absolute Gasteiger partial charge is 0.238 e. The molecule has 1 aromatic carbocycles. The van der Waals surface area contributed by atoms with Crippen molar-refractivity contribution in [3.63, 3.8) is 0 Å². The van der Waals surface area contributed by atoms with Gasteiger partial charge in [0.1, 0.15) is 12.2 Å². The normalized spacial score (nSPS) is 9.67. The summed E-state index contributed by atoms with van der Waals surface area (Å²) >= 11 is 0. The second kappa shape index (κ2) is 7.65. The Bertz CT molecular complexity index is 635. The van der Waals surface area contributed by atoms with Crippen LogP contribution in [0.2, 0.25) is 0 Å². The third-order valence-electron chi connectivity index (χ3n) is 2.74. The van der Waals surface area contributed by atoms with Crippen LogP contribution in [0.25, 0.3) is 0 Å². The second-order valence-electron chi connectivity index (χ2n) is 4.30. The van der Waals surface area contributed by atoms with Gasteiger partial charge in [0.05, 0.1) is 18.4 Å². The van der Waals surface area contributed by atoms with Crippen molar-refractivity contribution in [3.05, 3.63) is 54.4 Å². The van der Waals surface area contributed by atoms with Gasteiger partial charge in [0, 0.05) is 18.3 Å². The van der Waals surface area contributed by atoms with E-state index in [1.54, 1.807) is 24.4 Å². The first-order chi connectivity index (χ1) is 10.3. The zero-order chi connectivity index (χ0) is 14.9. The maximum atomic E-state index is 11.5. The third-order valence-corrected chi connectivity index (χ3v) is 2.74. The molecule has 1 aromatic heterocycles. The highest BCUT2D eigenvalue weighted by Crippen LogP contribution is 2.23. The molecule has 0 unspecified atom stereocenters. The summed E-state index contributed by atoms with van der Waals surface area (Å²) in [5, 5.41) is 11.2. The first-order valence-corrected chi connectivity index (χ1v) is 6.58. The predicted molar refractivity (Wildman–Crippen MR) is 78.7 cm³/mol. The Balaban J connectivity index is 1.94. The highest BCUT2D eigenvalue weighted by Gasteiger charge is 2.07. The fourth-order valence-corrected chi connectivity index (χ4v) is 1.77. The zero-order valence-corrected chi connectivity index (χ0v) is 11.5. The van der Waals surface area contributed by atoms with Gasteiger partial charge < -0.3 is 10.1 Å². The molecule has 5 nitrogen and oxygen atoms in total. The topological polar surface area (TPSA) is 75.0 Å². The van der Waals surface area contributed by atoms with Crippen molar-refractivity contribution in [2.45, 2.75) is 12.8 Å². The van der Waals surface area contributed by atoms with Crippen molar-refractivity contribution in [2.75, 3.05) is 11.9 Å². The molecular weight excluding hydrogens is 266 g/mol. The number of nitrogens with one attached hydrogen (secondary N) is 1. The Morgan fingerprint density at radius 2 is 2.05 bits per heavy atom. The predicted octanol–water partition coefficient (Wildman–Crippen LogP) is 2.56. The lowest BCUT2D eigenvalue weighted by Gasteiger charge is -2.11. The van der Waals surface area contributed by atoms with Gasteiger partial charge in [0.25, 0.3) is 0 Å². The van der Waals surface area contributed by atoms with E-state index >= 15 is 0 Å². The summed E-state index contributed by atoms with van der Waals surface area (Å²) in [6.07, 6.45) is 2.25. The van der Waals surface area contributed by atoms with Gasteiger partial charge in [-0.1, -0.05) is 18.2 Å². The van der Waals surface area contributed by atoms with Crippen molar-refractivity contribution in [1.82, 2.24) is 4.98 Å². The number of rotatable bonds is 6. The quantitative estimate of drug-likeness (QED) is 0.883. The maximum Gasteiger partial charge on any atom is 0.238 e. The molecule has 0 spiro atoms. The Hall–Kier alpha value is -2.87. The molecule has 1 N–H and O–H groups in total. The van der Waals surface area contributed by atoms with Gasteiger partial charge in [-0.05, 0) is 24.3 Å². The molecule has 0 saturated carbocycles. The van der Waals surface area contributed by atoms with E-state index in [0.29, 0.717) is 24.5 Å². The minimum Gasteiger partial charge on any atom is -0.491 e. The average Bonchev–Trinajstić information content (AvgIpc) is 2.50. The van der Waals surface area contributed by atoms with Crippen molar-refractivity contribution < 1.29 is 9.53 Å². The molecule has 2 aromatic rings. The van der Waals surface area contributed by atoms with E-state index in [1.807, 2.05) is 30.3 Å². The summed E-state index contributed by atoms with van der Waals surface area (Å²) in [5.74, 6) is 0.234. The summed E-state index contributed by atoms with van der Waals surface area (Å²) in [5.41, 5.74) is 1.52. The number of hydrogen-bond acceptors (Lipinski definition) is 4. The average molecular weight is 281 g/mol. The molecule has 0 saturated heterocycles. The number of carbonyl (C=O) groups is 1. The number of benzene rings is 1. The van der Waals surface area contributed by atoms with Crippen molar-refractivity contribution in [1.29, 1.82) is 5.26 Å². The van der Waals surface area contributed by atoms with Crippen molar-refractivity contribution in [3.8, 4) is 11.8 Å². The SMILES string of the molecule is N#CCC(=O)Nc1ccccc1OCCc1ccccn1. The highest BCUT2D eigenvalue weighted by atomic mass is 16.5. The van der Waals surface area contributed by atoms with Gasteiger partial charge in [-0.3, -0.25) is 9.78 Å². The van der Waals surface area contributed by atoms with Crippen molar-refractivity contribution >= 4 is 11.6 Å². The van der Waals surface area contributed by atoms with Gasteiger partial charge in [-0.15, -0.1) is 0 Å². The van der Waals surface area contributed by atoms with E-state index in [2.05, 4.69) is 10.3 Å². The number of amides is 1.